The van der Waals surface area contributed by atoms with Crippen molar-refractivity contribution >= 4 is 27.8 Å². The minimum absolute atomic E-state index is 0.0215. The SMILES string of the molecule is CCC1(CC)c2ccccc2-c2c1cc1ccccc1c2N(c1ccc(-c2ccccc2-c2ccccc2)cc1)c1cccc(C2CC3CCC2C3)c1. The maximum atomic E-state index is 2.61. The van der Waals surface area contributed by atoms with Crippen LogP contribution in [0, 0.1) is 11.8 Å². The summed E-state index contributed by atoms with van der Waals surface area (Å²) in [6.45, 7) is 4.76. The average Bonchev–Trinajstić information content (AvgIpc) is 3.94. The molecule has 3 unspecified atom stereocenters. The fourth-order valence-corrected chi connectivity index (χ4v) is 10.8. The van der Waals surface area contributed by atoms with Crippen LogP contribution in [0.2, 0.25) is 0 Å². The summed E-state index contributed by atoms with van der Waals surface area (Å²) in [5, 5.41) is 2.61. The minimum Gasteiger partial charge on any atom is -0.309 e. The van der Waals surface area contributed by atoms with E-state index in [0.717, 1.165) is 24.7 Å². The molecule has 0 aliphatic heterocycles. The molecule has 1 nitrogen and oxygen atoms in total. The highest BCUT2D eigenvalue weighted by atomic mass is 15.1. The van der Waals surface area contributed by atoms with Gasteiger partial charge in [-0.2, -0.15) is 0 Å². The molecule has 0 N–H and O–H groups in total. The zero-order chi connectivity index (χ0) is 35.5. The minimum atomic E-state index is -0.0215. The van der Waals surface area contributed by atoms with Gasteiger partial charge in [0.1, 0.15) is 0 Å². The largest absolute Gasteiger partial charge is 0.309 e. The van der Waals surface area contributed by atoms with Crippen LogP contribution in [0.1, 0.15) is 75.0 Å². The van der Waals surface area contributed by atoms with Crippen molar-refractivity contribution in [2.45, 2.75) is 63.7 Å². The van der Waals surface area contributed by atoms with Crippen molar-refractivity contribution in [2.75, 3.05) is 4.90 Å². The lowest BCUT2D eigenvalue weighted by molar-refractivity contribution is 0.420. The summed E-state index contributed by atoms with van der Waals surface area (Å²) >= 11 is 0. The van der Waals surface area contributed by atoms with Crippen LogP contribution in [0.4, 0.5) is 17.1 Å². The molecule has 3 aliphatic carbocycles. The Morgan fingerprint density at radius 3 is 1.94 bits per heavy atom. The molecular weight excluding hydrogens is 639 g/mol. The van der Waals surface area contributed by atoms with E-state index >= 15 is 0 Å². The Hall–Kier alpha value is -5.40. The molecule has 0 spiro atoms. The van der Waals surface area contributed by atoms with E-state index in [0.29, 0.717) is 5.92 Å². The van der Waals surface area contributed by atoms with Gasteiger partial charge in [-0.1, -0.05) is 148 Å². The van der Waals surface area contributed by atoms with E-state index in [1.165, 1.54) is 104 Å². The summed E-state index contributed by atoms with van der Waals surface area (Å²) in [6, 6.07) is 59.5. The highest BCUT2D eigenvalue weighted by Gasteiger charge is 2.43. The second-order valence-electron chi connectivity index (χ2n) is 15.9. The lowest BCUT2D eigenvalue weighted by Gasteiger charge is -2.33. The first-order chi connectivity index (χ1) is 26.2. The molecule has 7 aromatic carbocycles. The Morgan fingerprint density at radius 1 is 0.547 bits per heavy atom. The summed E-state index contributed by atoms with van der Waals surface area (Å²) in [5.41, 5.74) is 16.0. The topological polar surface area (TPSA) is 3.24 Å². The van der Waals surface area contributed by atoms with E-state index in [2.05, 4.69) is 176 Å². The zero-order valence-electron chi connectivity index (χ0n) is 30.9. The first kappa shape index (κ1) is 32.3. The molecule has 1 heteroatoms. The van der Waals surface area contributed by atoms with Gasteiger partial charge < -0.3 is 4.90 Å². The molecule has 3 atom stereocenters. The first-order valence-corrected chi connectivity index (χ1v) is 20.0. The van der Waals surface area contributed by atoms with Gasteiger partial charge in [-0.05, 0) is 130 Å². The number of anilines is 3. The number of benzene rings is 7. The maximum Gasteiger partial charge on any atom is 0.0621 e. The van der Waals surface area contributed by atoms with E-state index in [1.807, 2.05) is 0 Å². The number of nitrogens with zero attached hydrogens (tertiary/aromatic N) is 1. The van der Waals surface area contributed by atoms with Gasteiger partial charge in [0.05, 0.1) is 5.69 Å². The van der Waals surface area contributed by atoms with Crippen LogP contribution in [-0.2, 0) is 5.41 Å². The van der Waals surface area contributed by atoms with Crippen LogP contribution in [0.3, 0.4) is 0 Å². The standard InChI is InChI=1S/C52H47N/c1-3-52(4-2)48-24-13-12-23-46(48)50-49(52)34-39-17-8-9-22-45(39)51(50)53(42-19-14-18-38(33-42)47-32-35-25-26-40(47)31-35)41-29-27-37(28-30-41)44-21-11-10-20-43(44)36-15-6-5-7-16-36/h5-24,27-30,33-35,40,47H,3-4,25-26,31-32H2,1-2H3. The van der Waals surface area contributed by atoms with Gasteiger partial charge in [-0.15, -0.1) is 0 Å². The fraction of sp³-hybridized carbons (Fsp3) is 0.231. The average molecular weight is 686 g/mol. The number of hydrogen-bond donors (Lipinski definition) is 0. The molecule has 260 valence electrons. The Labute approximate surface area is 315 Å². The second kappa shape index (κ2) is 12.9. The van der Waals surface area contributed by atoms with Crippen LogP contribution in [-0.4, -0.2) is 0 Å². The molecule has 0 saturated heterocycles. The van der Waals surface area contributed by atoms with Gasteiger partial charge in [0.25, 0.3) is 0 Å². The summed E-state index contributed by atoms with van der Waals surface area (Å²) in [4.78, 5) is 2.61. The smallest absolute Gasteiger partial charge is 0.0621 e. The third kappa shape index (κ3) is 5.12. The highest BCUT2D eigenvalue weighted by Crippen LogP contribution is 2.59. The quantitative estimate of drug-likeness (QED) is 0.154. The Morgan fingerprint density at radius 2 is 1.23 bits per heavy atom. The molecular formula is C52H47N. The van der Waals surface area contributed by atoms with Gasteiger partial charge in [0.2, 0.25) is 0 Å². The molecule has 0 radical (unpaired) electrons. The van der Waals surface area contributed by atoms with Crippen LogP contribution in [0.15, 0.2) is 158 Å². The van der Waals surface area contributed by atoms with E-state index in [9.17, 15) is 0 Å². The van der Waals surface area contributed by atoms with Crippen molar-refractivity contribution < 1.29 is 0 Å². The fourth-order valence-electron chi connectivity index (χ4n) is 10.8. The van der Waals surface area contributed by atoms with Crippen LogP contribution in [0.25, 0.3) is 44.2 Å². The summed E-state index contributed by atoms with van der Waals surface area (Å²) < 4.78 is 0. The van der Waals surface area contributed by atoms with Crippen LogP contribution < -0.4 is 4.90 Å². The van der Waals surface area contributed by atoms with Crippen molar-refractivity contribution in [3.63, 3.8) is 0 Å². The van der Waals surface area contributed by atoms with E-state index in [1.54, 1.807) is 0 Å². The molecule has 2 saturated carbocycles. The summed E-state index contributed by atoms with van der Waals surface area (Å²) in [6.07, 6.45) is 7.70. The van der Waals surface area contributed by atoms with Crippen LogP contribution in [0.5, 0.6) is 0 Å². The van der Waals surface area contributed by atoms with Gasteiger partial charge in [0, 0.05) is 27.7 Å². The van der Waals surface area contributed by atoms with Crippen molar-refractivity contribution in [3.05, 3.63) is 174 Å². The van der Waals surface area contributed by atoms with E-state index in [4.69, 9.17) is 0 Å². The molecule has 2 bridgehead atoms. The van der Waals surface area contributed by atoms with Crippen molar-refractivity contribution in [1.82, 2.24) is 0 Å². The van der Waals surface area contributed by atoms with Gasteiger partial charge in [0.15, 0.2) is 0 Å². The normalized spacial score (nSPS) is 19.3. The van der Waals surface area contributed by atoms with Gasteiger partial charge >= 0.3 is 0 Å². The van der Waals surface area contributed by atoms with Crippen molar-refractivity contribution in [3.8, 4) is 33.4 Å². The molecule has 0 aromatic heterocycles. The van der Waals surface area contributed by atoms with Gasteiger partial charge in [-0.3, -0.25) is 0 Å². The highest BCUT2D eigenvalue weighted by molar-refractivity contribution is 6.10. The number of hydrogen-bond acceptors (Lipinski definition) is 1. The maximum absolute atomic E-state index is 2.61. The lowest BCUT2D eigenvalue weighted by atomic mass is 9.73. The van der Waals surface area contributed by atoms with Crippen molar-refractivity contribution in [2.24, 2.45) is 11.8 Å². The summed E-state index contributed by atoms with van der Waals surface area (Å²) in [7, 11) is 0. The Balaban J connectivity index is 1.21. The monoisotopic (exact) mass is 685 g/mol. The lowest BCUT2D eigenvalue weighted by Crippen LogP contribution is -2.23. The third-order valence-corrected chi connectivity index (χ3v) is 13.4. The molecule has 0 heterocycles. The predicted octanol–water partition coefficient (Wildman–Crippen LogP) is 14.6. The molecule has 2 fully saturated rings. The first-order valence-electron chi connectivity index (χ1n) is 20.0. The van der Waals surface area contributed by atoms with E-state index < -0.39 is 0 Å². The number of fused-ring (bicyclic) bond motifs is 6. The zero-order valence-corrected chi connectivity index (χ0v) is 30.9. The number of rotatable bonds is 8. The molecule has 0 amide bonds. The Bertz CT molecular complexity index is 2450. The molecule has 3 aliphatic rings. The predicted molar refractivity (Wildman–Crippen MR) is 224 cm³/mol. The van der Waals surface area contributed by atoms with Crippen LogP contribution >= 0.6 is 0 Å². The molecule has 10 rings (SSSR count). The molecule has 53 heavy (non-hydrogen) atoms. The Kier molecular flexibility index (Phi) is 7.87. The third-order valence-electron chi connectivity index (χ3n) is 13.4. The van der Waals surface area contributed by atoms with Gasteiger partial charge in [-0.25, -0.2) is 0 Å². The molecule has 7 aromatic rings. The summed E-state index contributed by atoms with van der Waals surface area (Å²) in [5.74, 6) is 2.40. The van der Waals surface area contributed by atoms with Crippen molar-refractivity contribution in [1.29, 1.82) is 0 Å². The van der Waals surface area contributed by atoms with E-state index in [-0.39, 0.29) is 5.41 Å². The second-order valence-corrected chi connectivity index (χ2v) is 15.9.